The molecule has 4 heteroatoms. The minimum absolute atomic E-state index is 0.398. The predicted molar refractivity (Wildman–Crippen MR) is 53.2 cm³/mol. The van der Waals surface area contributed by atoms with Crippen LogP contribution in [0.15, 0.2) is 10.3 Å². The summed E-state index contributed by atoms with van der Waals surface area (Å²) in [6, 6.07) is 0. The summed E-state index contributed by atoms with van der Waals surface area (Å²) in [5, 5.41) is 25.0. The largest absolute Gasteiger partial charge is 0.411 e. The minimum atomic E-state index is 0.398. The Morgan fingerprint density at radius 2 is 1.27 bits per heavy atom. The molecule has 0 unspecified atom stereocenters. The molecule has 4 saturated carbocycles. The van der Waals surface area contributed by atoms with Crippen LogP contribution in [0.4, 0.5) is 0 Å². The molecular formula is C11H14N2O2. The molecule has 2 N–H and O–H groups in total. The maximum absolute atomic E-state index is 9.02. The van der Waals surface area contributed by atoms with Crippen molar-refractivity contribution in [2.45, 2.75) is 19.3 Å². The lowest BCUT2D eigenvalue weighted by atomic mass is 9.79. The summed E-state index contributed by atoms with van der Waals surface area (Å²) in [4.78, 5) is 0. The zero-order valence-electron chi connectivity index (χ0n) is 8.37. The van der Waals surface area contributed by atoms with Gasteiger partial charge in [-0.3, -0.25) is 0 Å². The zero-order valence-corrected chi connectivity index (χ0v) is 8.37. The second-order valence-corrected chi connectivity index (χ2v) is 5.53. The molecule has 2 bridgehead atoms. The van der Waals surface area contributed by atoms with E-state index in [1.807, 2.05) is 0 Å². The van der Waals surface area contributed by atoms with Gasteiger partial charge in [0.05, 0.1) is 11.4 Å². The van der Waals surface area contributed by atoms with Gasteiger partial charge in [0.15, 0.2) is 0 Å². The molecule has 0 aromatic carbocycles. The van der Waals surface area contributed by atoms with E-state index in [1.165, 1.54) is 6.42 Å². The first kappa shape index (κ1) is 8.13. The molecule has 4 nitrogen and oxygen atoms in total. The number of hydrogen-bond donors (Lipinski definition) is 2. The van der Waals surface area contributed by atoms with Gasteiger partial charge in [0, 0.05) is 11.8 Å². The van der Waals surface area contributed by atoms with Crippen molar-refractivity contribution in [1.29, 1.82) is 0 Å². The van der Waals surface area contributed by atoms with Crippen LogP contribution in [0.3, 0.4) is 0 Å². The first-order valence-electron chi connectivity index (χ1n) is 5.76. The summed E-state index contributed by atoms with van der Waals surface area (Å²) in [6.07, 6.45) is 3.24. The van der Waals surface area contributed by atoms with E-state index in [-0.39, 0.29) is 0 Å². The van der Waals surface area contributed by atoms with Gasteiger partial charge in [-0.1, -0.05) is 10.3 Å². The van der Waals surface area contributed by atoms with Crippen LogP contribution in [-0.2, 0) is 0 Å². The second-order valence-electron chi connectivity index (χ2n) is 5.53. The van der Waals surface area contributed by atoms with E-state index in [2.05, 4.69) is 10.3 Å². The van der Waals surface area contributed by atoms with Crippen molar-refractivity contribution in [3.8, 4) is 0 Å². The Kier molecular flexibility index (Phi) is 1.28. The number of rotatable bonds is 0. The predicted octanol–water partition coefficient (Wildman–Crippen LogP) is 1.57. The SMILES string of the molecule is O/N=C1/C[C@@H]2[C@@H]3C/C(=N\O)[C@H]4[C@@H]3C[C@@H]2[C@H]14. The molecule has 0 aromatic rings. The first-order valence-corrected chi connectivity index (χ1v) is 5.76. The van der Waals surface area contributed by atoms with Crippen LogP contribution in [-0.4, -0.2) is 21.8 Å². The van der Waals surface area contributed by atoms with Gasteiger partial charge in [-0.15, -0.1) is 0 Å². The van der Waals surface area contributed by atoms with E-state index in [0.29, 0.717) is 23.7 Å². The van der Waals surface area contributed by atoms with Gasteiger partial charge in [-0.05, 0) is 42.9 Å². The highest BCUT2D eigenvalue weighted by atomic mass is 16.4. The third kappa shape index (κ3) is 0.703. The number of fused-ring (bicyclic) bond motifs is 2. The van der Waals surface area contributed by atoms with Crippen LogP contribution in [0.25, 0.3) is 0 Å². The van der Waals surface area contributed by atoms with Crippen LogP contribution in [0, 0.1) is 35.5 Å². The average molecular weight is 206 g/mol. The maximum Gasteiger partial charge on any atom is 0.0614 e. The molecule has 0 radical (unpaired) electrons. The summed E-state index contributed by atoms with van der Waals surface area (Å²) in [5.41, 5.74) is 1.95. The molecule has 4 rings (SSSR count). The molecule has 0 aliphatic heterocycles. The fraction of sp³-hybridized carbons (Fsp3) is 0.818. The van der Waals surface area contributed by atoms with E-state index in [4.69, 9.17) is 10.4 Å². The van der Waals surface area contributed by atoms with Crippen LogP contribution < -0.4 is 0 Å². The lowest BCUT2D eigenvalue weighted by molar-refractivity contribution is 0.240. The number of hydrogen-bond acceptors (Lipinski definition) is 4. The highest BCUT2D eigenvalue weighted by molar-refractivity contribution is 6.00. The molecule has 80 valence electrons. The van der Waals surface area contributed by atoms with Gasteiger partial charge in [0.2, 0.25) is 0 Å². The fourth-order valence-electron chi connectivity index (χ4n) is 5.14. The lowest BCUT2D eigenvalue weighted by Crippen LogP contribution is -2.26. The Hall–Kier alpha value is -1.06. The van der Waals surface area contributed by atoms with Gasteiger partial charge in [0.1, 0.15) is 0 Å². The van der Waals surface area contributed by atoms with Gasteiger partial charge < -0.3 is 10.4 Å². The highest BCUT2D eigenvalue weighted by Gasteiger charge is 2.67. The van der Waals surface area contributed by atoms with E-state index in [0.717, 1.165) is 36.1 Å². The summed E-state index contributed by atoms with van der Waals surface area (Å²) in [6.45, 7) is 0. The molecule has 15 heavy (non-hydrogen) atoms. The lowest BCUT2D eigenvalue weighted by Gasteiger charge is -2.24. The smallest absolute Gasteiger partial charge is 0.0614 e. The van der Waals surface area contributed by atoms with Crippen molar-refractivity contribution in [1.82, 2.24) is 0 Å². The number of oxime groups is 2. The highest BCUT2D eigenvalue weighted by Crippen LogP contribution is 2.68. The first-order chi connectivity index (χ1) is 7.35. The van der Waals surface area contributed by atoms with Crippen molar-refractivity contribution >= 4 is 11.4 Å². The van der Waals surface area contributed by atoms with Crippen LogP contribution in [0.2, 0.25) is 0 Å². The number of nitrogens with zero attached hydrogens (tertiary/aromatic N) is 2. The molecule has 0 aromatic heterocycles. The molecule has 4 aliphatic rings. The normalized spacial score (nSPS) is 60.0. The molecule has 0 heterocycles. The van der Waals surface area contributed by atoms with Crippen LogP contribution in [0.5, 0.6) is 0 Å². The zero-order chi connectivity index (χ0) is 10.2. The maximum atomic E-state index is 9.02. The van der Waals surface area contributed by atoms with Crippen molar-refractivity contribution in [3.05, 3.63) is 0 Å². The van der Waals surface area contributed by atoms with Gasteiger partial charge in [-0.2, -0.15) is 0 Å². The third-order valence-corrected chi connectivity index (χ3v) is 5.42. The van der Waals surface area contributed by atoms with E-state index < -0.39 is 0 Å². The standard InChI is InChI=1S/C11H14N2O2/c14-12-8-2-4-5-3-9(13-15)11-7(5)1-6(4)10(8)11/h4-7,10-11,14-15H,1-3H2/b12-8-,13-9+/t4-,5+,6+,7-,10-,11-/m1/s1. The summed E-state index contributed by atoms with van der Waals surface area (Å²) in [5.74, 6) is 3.65. The fourth-order valence-corrected chi connectivity index (χ4v) is 5.14. The van der Waals surface area contributed by atoms with Gasteiger partial charge >= 0.3 is 0 Å². The molecule has 6 atom stereocenters. The topological polar surface area (TPSA) is 65.2 Å². The second kappa shape index (κ2) is 2.36. The summed E-state index contributed by atoms with van der Waals surface area (Å²) >= 11 is 0. The van der Waals surface area contributed by atoms with Gasteiger partial charge in [-0.25, -0.2) is 0 Å². The third-order valence-electron chi connectivity index (χ3n) is 5.42. The van der Waals surface area contributed by atoms with Crippen LogP contribution >= 0.6 is 0 Å². The summed E-state index contributed by atoms with van der Waals surface area (Å²) < 4.78 is 0. The van der Waals surface area contributed by atoms with E-state index in [9.17, 15) is 0 Å². The Morgan fingerprint density at radius 3 is 1.67 bits per heavy atom. The quantitative estimate of drug-likeness (QED) is 0.466. The van der Waals surface area contributed by atoms with Crippen molar-refractivity contribution in [3.63, 3.8) is 0 Å². The average Bonchev–Trinajstić information content (AvgIpc) is 2.83. The molecule has 4 fully saturated rings. The molecular weight excluding hydrogens is 192 g/mol. The molecule has 4 aliphatic carbocycles. The Bertz CT molecular complexity index is 350. The van der Waals surface area contributed by atoms with Gasteiger partial charge in [0.25, 0.3) is 0 Å². The van der Waals surface area contributed by atoms with Crippen molar-refractivity contribution in [2.75, 3.05) is 0 Å². The monoisotopic (exact) mass is 206 g/mol. The summed E-state index contributed by atoms with van der Waals surface area (Å²) in [7, 11) is 0. The molecule has 0 amide bonds. The Morgan fingerprint density at radius 1 is 0.800 bits per heavy atom. The van der Waals surface area contributed by atoms with Crippen molar-refractivity contribution in [2.24, 2.45) is 45.8 Å². The Balaban J connectivity index is 1.87. The van der Waals surface area contributed by atoms with E-state index in [1.54, 1.807) is 0 Å². The molecule has 0 saturated heterocycles. The van der Waals surface area contributed by atoms with Crippen LogP contribution in [0.1, 0.15) is 19.3 Å². The molecule has 0 spiro atoms. The Labute approximate surface area is 87.7 Å². The minimum Gasteiger partial charge on any atom is -0.411 e. The van der Waals surface area contributed by atoms with E-state index >= 15 is 0 Å². The van der Waals surface area contributed by atoms with Crippen molar-refractivity contribution < 1.29 is 10.4 Å².